The van der Waals surface area contributed by atoms with E-state index in [9.17, 15) is 4.79 Å². The first-order valence-corrected chi connectivity index (χ1v) is 5.40. The van der Waals surface area contributed by atoms with E-state index >= 15 is 0 Å². The van der Waals surface area contributed by atoms with E-state index in [-0.39, 0.29) is 12.5 Å². The molecule has 0 atom stereocenters. The van der Waals surface area contributed by atoms with Crippen LogP contribution in [0.25, 0.3) is 0 Å². The molecule has 0 fully saturated rings. The first-order valence-electron chi connectivity index (χ1n) is 5.40. The molecule has 0 aliphatic carbocycles. The van der Waals surface area contributed by atoms with Crippen LogP contribution in [0.4, 0.5) is 11.4 Å². The number of nitrogens with two attached hydrogens (primary N) is 1. The lowest BCUT2D eigenvalue weighted by molar-refractivity contribution is 0.0827. The number of nitrogen functional groups attached to an aromatic ring is 1. The number of anilines is 2. The molecule has 5 heteroatoms. The average molecular weight is 237 g/mol. The second-order valence-corrected chi connectivity index (χ2v) is 4.12. The maximum absolute atomic E-state index is 11.8. The first kappa shape index (κ1) is 13.3. The molecular weight excluding hydrogens is 218 g/mol. The van der Waals surface area contributed by atoms with Gasteiger partial charge < -0.3 is 20.6 Å². The quantitative estimate of drug-likeness (QED) is 0.744. The Hall–Kier alpha value is -1.75. The molecule has 0 radical (unpaired) electrons. The predicted molar refractivity (Wildman–Crippen MR) is 69.2 cm³/mol. The Bertz CT molecular complexity index is 405. The largest absolute Gasteiger partial charge is 0.397 e. The SMILES string of the molecule is CN(C)C(=O)c1ccc(N)c(N(C)CCO)c1. The molecule has 0 saturated heterocycles. The van der Waals surface area contributed by atoms with Crippen molar-refractivity contribution in [1.29, 1.82) is 0 Å². The van der Waals surface area contributed by atoms with Crippen LogP contribution >= 0.6 is 0 Å². The maximum atomic E-state index is 11.8. The van der Waals surface area contributed by atoms with E-state index in [1.54, 1.807) is 32.3 Å². The molecule has 0 aliphatic rings. The Morgan fingerprint density at radius 1 is 1.35 bits per heavy atom. The smallest absolute Gasteiger partial charge is 0.253 e. The van der Waals surface area contributed by atoms with Crippen LogP contribution < -0.4 is 10.6 Å². The zero-order chi connectivity index (χ0) is 13.0. The normalized spacial score (nSPS) is 10.1. The van der Waals surface area contributed by atoms with Gasteiger partial charge in [-0.2, -0.15) is 0 Å². The standard InChI is InChI=1S/C12H19N3O2/c1-14(2)12(17)9-4-5-10(13)11(8-9)15(3)6-7-16/h4-5,8,16H,6-7,13H2,1-3H3. The summed E-state index contributed by atoms with van der Waals surface area (Å²) < 4.78 is 0. The average Bonchev–Trinajstić information content (AvgIpc) is 2.28. The van der Waals surface area contributed by atoms with E-state index < -0.39 is 0 Å². The minimum Gasteiger partial charge on any atom is -0.397 e. The van der Waals surface area contributed by atoms with Crippen molar-refractivity contribution in [3.05, 3.63) is 23.8 Å². The van der Waals surface area contributed by atoms with Crippen LogP contribution in [-0.4, -0.2) is 50.2 Å². The molecule has 0 bridgehead atoms. The molecule has 0 aromatic heterocycles. The van der Waals surface area contributed by atoms with Crippen molar-refractivity contribution >= 4 is 17.3 Å². The number of likely N-dealkylation sites (N-methyl/N-ethyl adjacent to an activating group) is 1. The highest BCUT2D eigenvalue weighted by atomic mass is 16.3. The molecule has 1 aromatic rings. The van der Waals surface area contributed by atoms with Crippen molar-refractivity contribution in [2.75, 3.05) is 44.9 Å². The lowest BCUT2D eigenvalue weighted by atomic mass is 10.1. The monoisotopic (exact) mass is 237 g/mol. The van der Waals surface area contributed by atoms with Crippen molar-refractivity contribution in [2.45, 2.75) is 0 Å². The van der Waals surface area contributed by atoms with Gasteiger partial charge in [0.05, 0.1) is 18.0 Å². The third-order valence-electron chi connectivity index (χ3n) is 2.53. The lowest BCUT2D eigenvalue weighted by Gasteiger charge is -2.21. The Kier molecular flexibility index (Phi) is 4.34. The maximum Gasteiger partial charge on any atom is 0.253 e. The number of carbonyl (C=O) groups excluding carboxylic acids is 1. The number of aliphatic hydroxyl groups excluding tert-OH is 1. The number of hydrogen-bond acceptors (Lipinski definition) is 4. The van der Waals surface area contributed by atoms with E-state index in [2.05, 4.69) is 0 Å². The minimum atomic E-state index is -0.0661. The van der Waals surface area contributed by atoms with Crippen molar-refractivity contribution < 1.29 is 9.90 Å². The van der Waals surface area contributed by atoms with Gasteiger partial charge in [-0.15, -0.1) is 0 Å². The Labute approximate surface area is 101 Å². The summed E-state index contributed by atoms with van der Waals surface area (Å²) in [4.78, 5) is 15.1. The molecule has 0 saturated carbocycles. The summed E-state index contributed by atoms with van der Waals surface area (Å²) in [6, 6.07) is 5.15. The first-order chi connectivity index (χ1) is 7.97. The summed E-state index contributed by atoms with van der Waals surface area (Å²) in [6.07, 6.45) is 0. The van der Waals surface area contributed by atoms with E-state index in [0.29, 0.717) is 17.8 Å². The molecule has 0 heterocycles. The van der Waals surface area contributed by atoms with Crippen molar-refractivity contribution in [1.82, 2.24) is 4.90 Å². The van der Waals surface area contributed by atoms with Gasteiger partial charge in [0.15, 0.2) is 0 Å². The van der Waals surface area contributed by atoms with Crippen LogP contribution in [-0.2, 0) is 0 Å². The van der Waals surface area contributed by atoms with E-state index in [4.69, 9.17) is 10.8 Å². The molecule has 0 unspecified atom stereocenters. The number of aliphatic hydroxyl groups is 1. The number of nitrogens with zero attached hydrogens (tertiary/aromatic N) is 2. The van der Waals surface area contributed by atoms with Gasteiger partial charge in [-0.1, -0.05) is 0 Å². The number of amides is 1. The number of rotatable bonds is 4. The molecular formula is C12H19N3O2. The summed E-state index contributed by atoms with van der Waals surface area (Å²) in [6.45, 7) is 0.519. The highest BCUT2D eigenvalue weighted by molar-refractivity contribution is 5.96. The van der Waals surface area contributed by atoms with Gasteiger partial charge in [0.25, 0.3) is 5.91 Å². The van der Waals surface area contributed by atoms with Gasteiger partial charge in [0, 0.05) is 33.3 Å². The highest BCUT2D eigenvalue weighted by Crippen LogP contribution is 2.23. The third kappa shape index (κ3) is 3.10. The minimum absolute atomic E-state index is 0.0434. The fourth-order valence-electron chi connectivity index (χ4n) is 1.54. The summed E-state index contributed by atoms with van der Waals surface area (Å²) in [5.74, 6) is -0.0661. The molecule has 0 aliphatic heterocycles. The van der Waals surface area contributed by atoms with Crippen LogP contribution in [0, 0.1) is 0 Å². The van der Waals surface area contributed by atoms with Crippen LogP contribution in [0.5, 0.6) is 0 Å². The van der Waals surface area contributed by atoms with E-state index in [1.807, 2.05) is 11.9 Å². The third-order valence-corrected chi connectivity index (χ3v) is 2.53. The Morgan fingerprint density at radius 2 is 2.00 bits per heavy atom. The van der Waals surface area contributed by atoms with Crippen molar-refractivity contribution in [2.24, 2.45) is 0 Å². The summed E-state index contributed by atoms with van der Waals surface area (Å²) in [7, 11) is 5.23. The fourth-order valence-corrected chi connectivity index (χ4v) is 1.54. The highest BCUT2D eigenvalue weighted by Gasteiger charge is 2.12. The molecule has 1 amide bonds. The van der Waals surface area contributed by atoms with Crippen molar-refractivity contribution in [3.8, 4) is 0 Å². The number of hydrogen-bond donors (Lipinski definition) is 2. The van der Waals surface area contributed by atoms with Gasteiger partial charge in [-0.3, -0.25) is 4.79 Å². The van der Waals surface area contributed by atoms with Gasteiger partial charge >= 0.3 is 0 Å². The van der Waals surface area contributed by atoms with Crippen LogP contribution in [0.2, 0.25) is 0 Å². The second kappa shape index (κ2) is 5.54. The molecule has 1 aromatic carbocycles. The van der Waals surface area contributed by atoms with E-state index in [0.717, 1.165) is 5.69 Å². The summed E-state index contributed by atoms with van der Waals surface area (Å²) in [5.41, 5.74) is 7.79. The van der Waals surface area contributed by atoms with Gasteiger partial charge in [0.2, 0.25) is 0 Å². The fraction of sp³-hybridized carbons (Fsp3) is 0.417. The Balaban J connectivity index is 3.06. The summed E-state index contributed by atoms with van der Waals surface area (Å²) >= 11 is 0. The van der Waals surface area contributed by atoms with Crippen LogP contribution in [0.15, 0.2) is 18.2 Å². The molecule has 17 heavy (non-hydrogen) atoms. The molecule has 94 valence electrons. The molecule has 0 spiro atoms. The van der Waals surface area contributed by atoms with Gasteiger partial charge in [0.1, 0.15) is 0 Å². The van der Waals surface area contributed by atoms with Gasteiger partial charge in [-0.05, 0) is 18.2 Å². The predicted octanol–water partition coefficient (Wildman–Crippen LogP) is 0.399. The lowest BCUT2D eigenvalue weighted by Crippen LogP contribution is -2.24. The zero-order valence-electron chi connectivity index (χ0n) is 10.5. The van der Waals surface area contributed by atoms with Crippen LogP contribution in [0.3, 0.4) is 0 Å². The van der Waals surface area contributed by atoms with Crippen molar-refractivity contribution in [3.63, 3.8) is 0 Å². The molecule has 3 N–H and O–H groups in total. The van der Waals surface area contributed by atoms with E-state index in [1.165, 1.54) is 4.90 Å². The Morgan fingerprint density at radius 3 is 2.53 bits per heavy atom. The number of benzene rings is 1. The number of carbonyl (C=O) groups is 1. The molecule has 5 nitrogen and oxygen atoms in total. The summed E-state index contributed by atoms with van der Waals surface area (Å²) in [5, 5.41) is 8.90. The topological polar surface area (TPSA) is 69.8 Å². The van der Waals surface area contributed by atoms with Crippen LogP contribution in [0.1, 0.15) is 10.4 Å². The second-order valence-electron chi connectivity index (χ2n) is 4.12. The zero-order valence-corrected chi connectivity index (χ0v) is 10.5. The molecule has 1 rings (SSSR count). The van der Waals surface area contributed by atoms with Gasteiger partial charge in [-0.25, -0.2) is 0 Å².